The lowest BCUT2D eigenvalue weighted by Gasteiger charge is -2.23. The average molecular weight is 312 g/mol. The summed E-state index contributed by atoms with van der Waals surface area (Å²) < 4.78 is 13.1. The number of rotatable bonds is 5. The highest BCUT2D eigenvalue weighted by Gasteiger charge is 2.26. The fraction of sp³-hybridized carbons (Fsp3) is 0.438. The average Bonchev–Trinajstić information content (AvgIpc) is 2.94. The summed E-state index contributed by atoms with van der Waals surface area (Å²) in [6, 6.07) is 4.57. The largest absolute Gasteiger partial charge is 0.396 e. The van der Waals surface area contributed by atoms with Crippen molar-refractivity contribution in [1.82, 2.24) is 4.90 Å². The summed E-state index contributed by atoms with van der Waals surface area (Å²) in [4.78, 5) is 14.1. The van der Waals surface area contributed by atoms with Crippen LogP contribution in [-0.4, -0.2) is 35.1 Å². The molecule has 1 amide bonds. The number of likely N-dealkylation sites (tertiary alicyclic amines) is 1. The van der Waals surface area contributed by atoms with Gasteiger partial charge in [0.05, 0.1) is 5.02 Å². The number of hydrogen-bond donors (Lipinski definition) is 1. The zero-order valence-corrected chi connectivity index (χ0v) is 12.5. The molecule has 0 aliphatic carbocycles. The molecule has 1 atom stereocenters. The second-order valence-corrected chi connectivity index (χ2v) is 5.61. The fourth-order valence-electron chi connectivity index (χ4n) is 2.63. The van der Waals surface area contributed by atoms with E-state index in [0.717, 1.165) is 25.8 Å². The summed E-state index contributed by atoms with van der Waals surface area (Å²) >= 11 is 5.71. The van der Waals surface area contributed by atoms with Crippen LogP contribution in [0.25, 0.3) is 6.08 Å². The molecule has 1 unspecified atom stereocenters. The monoisotopic (exact) mass is 311 g/mol. The molecule has 114 valence electrons. The van der Waals surface area contributed by atoms with E-state index in [9.17, 15) is 9.18 Å². The molecule has 1 aliphatic rings. The van der Waals surface area contributed by atoms with Gasteiger partial charge in [-0.2, -0.15) is 0 Å². The van der Waals surface area contributed by atoms with Crippen molar-refractivity contribution < 1.29 is 14.3 Å². The first-order valence-corrected chi connectivity index (χ1v) is 7.54. The number of amides is 1. The van der Waals surface area contributed by atoms with Gasteiger partial charge in [0.2, 0.25) is 5.91 Å². The second-order valence-electron chi connectivity index (χ2n) is 5.20. The number of hydrogen-bond acceptors (Lipinski definition) is 2. The minimum Gasteiger partial charge on any atom is -0.396 e. The van der Waals surface area contributed by atoms with E-state index in [4.69, 9.17) is 16.7 Å². The van der Waals surface area contributed by atoms with Crippen molar-refractivity contribution in [3.63, 3.8) is 0 Å². The van der Waals surface area contributed by atoms with Crippen molar-refractivity contribution >= 4 is 23.6 Å². The van der Waals surface area contributed by atoms with Crippen LogP contribution in [0.5, 0.6) is 0 Å². The minimum atomic E-state index is -0.469. The zero-order chi connectivity index (χ0) is 15.2. The Labute approximate surface area is 129 Å². The molecule has 3 nitrogen and oxygen atoms in total. The quantitative estimate of drug-likeness (QED) is 0.848. The summed E-state index contributed by atoms with van der Waals surface area (Å²) in [7, 11) is 0. The molecular formula is C16H19ClFNO2. The van der Waals surface area contributed by atoms with E-state index >= 15 is 0 Å². The molecule has 2 rings (SSSR count). The Morgan fingerprint density at radius 2 is 2.33 bits per heavy atom. The first-order chi connectivity index (χ1) is 10.1. The van der Waals surface area contributed by atoms with Gasteiger partial charge in [-0.3, -0.25) is 4.79 Å². The summed E-state index contributed by atoms with van der Waals surface area (Å²) in [5.74, 6) is -0.514. The van der Waals surface area contributed by atoms with E-state index in [0.29, 0.717) is 12.0 Å². The predicted molar refractivity (Wildman–Crippen MR) is 81.5 cm³/mol. The van der Waals surface area contributed by atoms with Crippen LogP contribution in [0, 0.1) is 5.82 Å². The van der Waals surface area contributed by atoms with Gasteiger partial charge in [-0.25, -0.2) is 4.39 Å². The predicted octanol–water partition coefficient (Wildman–Crippen LogP) is 3.26. The molecule has 1 aliphatic heterocycles. The Kier molecular flexibility index (Phi) is 5.76. The molecule has 1 heterocycles. The van der Waals surface area contributed by atoms with Crippen molar-refractivity contribution in [3.8, 4) is 0 Å². The molecular weight excluding hydrogens is 293 g/mol. The summed E-state index contributed by atoms with van der Waals surface area (Å²) in [5.41, 5.74) is 0.695. The number of nitrogens with zero attached hydrogens (tertiary/aromatic N) is 1. The van der Waals surface area contributed by atoms with Crippen molar-refractivity contribution in [2.45, 2.75) is 31.7 Å². The molecule has 0 bridgehead atoms. The molecule has 1 saturated heterocycles. The molecule has 1 aromatic carbocycles. The Bertz CT molecular complexity index is 533. The number of carbonyl (C=O) groups is 1. The Morgan fingerprint density at radius 1 is 1.52 bits per heavy atom. The van der Waals surface area contributed by atoms with Crippen LogP contribution in [0.3, 0.4) is 0 Å². The molecule has 5 heteroatoms. The SMILES string of the molecule is O=C(C=Cc1ccc(F)c(Cl)c1)N1CCCC1CCCO. The molecule has 0 aromatic heterocycles. The van der Waals surface area contributed by atoms with Crippen LogP contribution in [0.1, 0.15) is 31.2 Å². The van der Waals surface area contributed by atoms with E-state index in [1.165, 1.54) is 18.2 Å². The van der Waals surface area contributed by atoms with E-state index in [1.807, 2.05) is 4.90 Å². The van der Waals surface area contributed by atoms with Gasteiger partial charge in [0, 0.05) is 25.3 Å². The van der Waals surface area contributed by atoms with Gasteiger partial charge in [0.1, 0.15) is 5.82 Å². The third-order valence-corrected chi connectivity index (χ3v) is 4.01. The molecule has 0 radical (unpaired) electrons. The van der Waals surface area contributed by atoms with Crippen LogP contribution in [0.15, 0.2) is 24.3 Å². The summed E-state index contributed by atoms with van der Waals surface area (Å²) in [6.45, 7) is 0.909. The number of carbonyl (C=O) groups excluding carboxylic acids is 1. The number of aliphatic hydroxyl groups excluding tert-OH is 1. The zero-order valence-electron chi connectivity index (χ0n) is 11.8. The van der Waals surface area contributed by atoms with E-state index < -0.39 is 5.82 Å². The Balaban J connectivity index is 1.99. The maximum absolute atomic E-state index is 13.1. The van der Waals surface area contributed by atoms with E-state index in [-0.39, 0.29) is 23.6 Å². The highest BCUT2D eigenvalue weighted by molar-refractivity contribution is 6.30. The van der Waals surface area contributed by atoms with Crippen LogP contribution in [0.4, 0.5) is 4.39 Å². The second kappa shape index (κ2) is 7.57. The maximum atomic E-state index is 13.1. The third-order valence-electron chi connectivity index (χ3n) is 3.72. The van der Waals surface area contributed by atoms with Crippen molar-refractivity contribution in [2.24, 2.45) is 0 Å². The van der Waals surface area contributed by atoms with Gasteiger partial charge in [0.25, 0.3) is 0 Å². The van der Waals surface area contributed by atoms with Gasteiger partial charge in [0.15, 0.2) is 0 Å². The van der Waals surface area contributed by atoms with Gasteiger partial charge < -0.3 is 10.0 Å². The Morgan fingerprint density at radius 3 is 3.05 bits per heavy atom. The maximum Gasteiger partial charge on any atom is 0.246 e. The van der Waals surface area contributed by atoms with Gasteiger partial charge in [-0.15, -0.1) is 0 Å². The smallest absolute Gasteiger partial charge is 0.246 e. The normalized spacial score (nSPS) is 18.6. The lowest BCUT2D eigenvalue weighted by Crippen LogP contribution is -2.34. The highest BCUT2D eigenvalue weighted by atomic mass is 35.5. The van der Waals surface area contributed by atoms with Gasteiger partial charge >= 0.3 is 0 Å². The van der Waals surface area contributed by atoms with Crippen LogP contribution < -0.4 is 0 Å². The van der Waals surface area contributed by atoms with Crippen molar-refractivity contribution in [1.29, 1.82) is 0 Å². The van der Waals surface area contributed by atoms with Crippen LogP contribution >= 0.6 is 11.6 Å². The van der Waals surface area contributed by atoms with Crippen LogP contribution in [-0.2, 0) is 4.79 Å². The summed E-state index contributed by atoms with van der Waals surface area (Å²) in [5, 5.41) is 8.94. The topological polar surface area (TPSA) is 40.5 Å². The number of aliphatic hydroxyl groups is 1. The fourth-order valence-corrected chi connectivity index (χ4v) is 2.82. The highest BCUT2D eigenvalue weighted by Crippen LogP contribution is 2.22. The molecule has 0 spiro atoms. The Hall–Kier alpha value is -1.39. The first-order valence-electron chi connectivity index (χ1n) is 7.16. The third kappa shape index (κ3) is 4.29. The van der Waals surface area contributed by atoms with Crippen LogP contribution in [0.2, 0.25) is 5.02 Å². The standard InChI is InChI=1S/C16H19ClFNO2/c17-14-11-12(5-7-15(14)18)6-8-16(21)19-9-1-3-13(19)4-2-10-20/h5-8,11,13,20H,1-4,9-10H2. The number of benzene rings is 1. The lowest BCUT2D eigenvalue weighted by molar-refractivity contribution is -0.126. The lowest BCUT2D eigenvalue weighted by atomic mass is 10.1. The summed E-state index contributed by atoms with van der Waals surface area (Å²) in [6.07, 6.45) is 6.68. The number of halogens is 2. The van der Waals surface area contributed by atoms with Gasteiger partial charge in [-0.05, 0) is 49.5 Å². The molecule has 21 heavy (non-hydrogen) atoms. The van der Waals surface area contributed by atoms with Crippen molar-refractivity contribution in [3.05, 3.63) is 40.7 Å². The molecule has 1 N–H and O–H groups in total. The first kappa shape index (κ1) is 16.0. The molecule has 0 saturated carbocycles. The molecule has 1 aromatic rings. The molecule has 1 fully saturated rings. The van der Waals surface area contributed by atoms with E-state index in [2.05, 4.69) is 0 Å². The van der Waals surface area contributed by atoms with Gasteiger partial charge in [-0.1, -0.05) is 17.7 Å². The van der Waals surface area contributed by atoms with E-state index in [1.54, 1.807) is 12.1 Å². The van der Waals surface area contributed by atoms with Crippen molar-refractivity contribution in [2.75, 3.05) is 13.2 Å². The minimum absolute atomic E-state index is 0.0455.